The Kier molecular flexibility index (Phi) is 5.25. The van der Waals surface area contributed by atoms with Crippen LogP contribution in [0.25, 0.3) is 11.1 Å². The van der Waals surface area contributed by atoms with Crippen molar-refractivity contribution in [1.29, 1.82) is 0 Å². The van der Waals surface area contributed by atoms with Gasteiger partial charge in [0, 0.05) is 57.7 Å². The third-order valence-electron chi connectivity index (χ3n) is 6.50. The lowest BCUT2D eigenvalue weighted by Gasteiger charge is -2.29. The van der Waals surface area contributed by atoms with Crippen LogP contribution < -0.4 is 9.47 Å². The first-order chi connectivity index (χ1) is 19.2. The molecule has 0 N–H and O–H groups in total. The van der Waals surface area contributed by atoms with Crippen LogP contribution in [0.15, 0.2) is 72.8 Å². The predicted molar refractivity (Wildman–Crippen MR) is 138 cm³/mol. The van der Waals surface area contributed by atoms with Crippen LogP contribution >= 0.6 is 0 Å². The summed E-state index contributed by atoms with van der Waals surface area (Å²) < 4.78 is 11.6. The summed E-state index contributed by atoms with van der Waals surface area (Å²) in [6.07, 6.45) is 0. The Bertz CT molecular complexity index is 1620. The zero-order chi connectivity index (χ0) is 28.3. The number of nitro benzene ring substituents is 4. The van der Waals surface area contributed by atoms with Gasteiger partial charge in [-0.3, -0.25) is 40.5 Å². The molecule has 2 aliphatic rings. The van der Waals surface area contributed by atoms with Crippen LogP contribution in [-0.2, 0) is 0 Å². The van der Waals surface area contributed by atoms with Gasteiger partial charge in [0.2, 0.25) is 23.0 Å². The molecule has 0 aromatic heterocycles. The zero-order valence-electron chi connectivity index (χ0n) is 19.8. The van der Waals surface area contributed by atoms with Crippen molar-refractivity contribution in [3.05, 3.63) is 136 Å². The molecule has 4 aromatic carbocycles. The standard InChI is InChI=1S/C26H12N4O10/c31-27(32)17-9-1-5-13-21(14-6-2-10-18(28(33)34)24(14)39-23(13)17)22-15-7-3-11-19(29(35)36)25(15)40-26-16(22)8-4-12-20(26)30(37)38/h1-12H. The number of hydrogen-bond donors (Lipinski definition) is 0. The molecule has 0 radical (unpaired) electrons. The van der Waals surface area contributed by atoms with Gasteiger partial charge in [-0.1, -0.05) is 48.5 Å². The molecule has 14 heteroatoms. The Morgan fingerprint density at radius 3 is 0.825 bits per heavy atom. The van der Waals surface area contributed by atoms with Crippen molar-refractivity contribution in [3.8, 4) is 23.0 Å². The minimum Gasteiger partial charge on any atom is -0.442 e. The number of rotatable bonds is 4. The Morgan fingerprint density at radius 1 is 0.400 bits per heavy atom. The number of nitrogens with zero attached hydrogens (tertiary/aromatic N) is 4. The molecule has 0 fully saturated rings. The van der Waals surface area contributed by atoms with Crippen LogP contribution in [0.4, 0.5) is 22.7 Å². The topological polar surface area (TPSA) is 191 Å². The van der Waals surface area contributed by atoms with Crippen LogP contribution in [0.1, 0.15) is 22.3 Å². The molecule has 4 aromatic rings. The minimum absolute atomic E-state index is 0.147. The van der Waals surface area contributed by atoms with E-state index in [1.165, 1.54) is 72.8 Å². The highest BCUT2D eigenvalue weighted by Crippen LogP contribution is 2.58. The quantitative estimate of drug-likeness (QED) is 0.175. The summed E-state index contributed by atoms with van der Waals surface area (Å²) >= 11 is 0. The van der Waals surface area contributed by atoms with Crippen LogP contribution in [0.3, 0.4) is 0 Å². The van der Waals surface area contributed by atoms with Crippen molar-refractivity contribution in [2.75, 3.05) is 0 Å². The van der Waals surface area contributed by atoms with Gasteiger partial charge in [0.25, 0.3) is 0 Å². The largest absolute Gasteiger partial charge is 0.442 e. The molecule has 0 spiro atoms. The summed E-state index contributed by atoms with van der Waals surface area (Å²) in [6, 6.07) is 16.2. The number of nitro groups is 4. The number of hydrogen-bond acceptors (Lipinski definition) is 10. The summed E-state index contributed by atoms with van der Waals surface area (Å²) in [5.41, 5.74) is -0.984. The molecule has 0 saturated heterocycles. The maximum Gasteiger partial charge on any atom is 0.312 e. The fourth-order valence-electron chi connectivity index (χ4n) is 4.92. The first-order valence-electron chi connectivity index (χ1n) is 11.4. The normalized spacial score (nSPS) is 12.6. The van der Waals surface area contributed by atoms with Gasteiger partial charge in [0.15, 0.2) is 0 Å². The predicted octanol–water partition coefficient (Wildman–Crippen LogP) is 6.54. The highest BCUT2D eigenvalue weighted by atomic mass is 16.6. The summed E-state index contributed by atoms with van der Waals surface area (Å²) in [6.45, 7) is 0. The molecule has 0 amide bonds. The van der Waals surface area contributed by atoms with E-state index in [0.717, 1.165) is 0 Å². The second kappa shape index (κ2) is 8.70. The van der Waals surface area contributed by atoms with Crippen molar-refractivity contribution in [3.63, 3.8) is 0 Å². The Labute approximate surface area is 221 Å². The average Bonchev–Trinajstić information content (AvgIpc) is 2.93. The Balaban J connectivity index is 1.86. The van der Waals surface area contributed by atoms with Crippen molar-refractivity contribution >= 4 is 33.9 Å². The molecule has 0 aliphatic carbocycles. The smallest absolute Gasteiger partial charge is 0.312 e. The lowest BCUT2D eigenvalue weighted by molar-refractivity contribution is -0.387. The van der Waals surface area contributed by atoms with E-state index in [1.807, 2.05) is 0 Å². The van der Waals surface area contributed by atoms with Crippen molar-refractivity contribution in [2.45, 2.75) is 0 Å². The molecule has 2 aliphatic heterocycles. The van der Waals surface area contributed by atoms with Gasteiger partial charge in [-0.15, -0.1) is 0 Å². The van der Waals surface area contributed by atoms with E-state index in [1.54, 1.807) is 0 Å². The Hall–Kier alpha value is -6.18. The molecule has 196 valence electrons. The van der Waals surface area contributed by atoms with E-state index in [0.29, 0.717) is 0 Å². The highest BCUT2D eigenvalue weighted by molar-refractivity contribution is 6.11. The molecule has 14 nitrogen and oxygen atoms in total. The van der Waals surface area contributed by atoms with Crippen LogP contribution in [0, 0.1) is 40.5 Å². The van der Waals surface area contributed by atoms with Crippen LogP contribution in [-0.4, -0.2) is 19.7 Å². The molecule has 0 saturated carbocycles. The van der Waals surface area contributed by atoms with Gasteiger partial charge in [0.05, 0.1) is 19.7 Å². The van der Waals surface area contributed by atoms with Gasteiger partial charge in [-0.25, -0.2) is 0 Å². The van der Waals surface area contributed by atoms with Crippen LogP contribution in [0.2, 0.25) is 0 Å². The number of benzene rings is 4. The second-order valence-electron chi connectivity index (χ2n) is 8.60. The van der Waals surface area contributed by atoms with E-state index in [4.69, 9.17) is 9.47 Å². The molecule has 40 heavy (non-hydrogen) atoms. The van der Waals surface area contributed by atoms with Crippen molar-refractivity contribution in [1.82, 2.24) is 0 Å². The molecule has 0 bridgehead atoms. The zero-order valence-corrected chi connectivity index (χ0v) is 19.8. The maximum atomic E-state index is 11.9. The number of para-hydroxylation sites is 4. The van der Waals surface area contributed by atoms with Crippen LogP contribution in [0.5, 0.6) is 23.0 Å². The van der Waals surface area contributed by atoms with E-state index < -0.39 is 42.4 Å². The van der Waals surface area contributed by atoms with Gasteiger partial charge >= 0.3 is 22.7 Å². The first kappa shape index (κ1) is 24.2. The second-order valence-corrected chi connectivity index (χ2v) is 8.60. The third-order valence-corrected chi connectivity index (χ3v) is 6.50. The summed E-state index contributed by atoms with van der Waals surface area (Å²) in [5, 5.41) is 47.7. The summed E-state index contributed by atoms with van der Waals surface area (Å²) in [4.78, 5) is 44.9. The number of fused-ring (bicyclic) bond motifs is 4. The first-order valence-corrected chi connectivity index (χ1v) is 11.4. The van der Waals surface area contributed by atoms with Gasteiger partial charge < -0.3 is 9.47 Å². The van der Waals surface area contributed by atoms with Gasteiger partial charge in [-0.05, 0) is 0 Å². The average molecular weight is 540 g/mol. The van der Waals surface area contributed by atoms with Crippen molar-refractivity contribution < 1.29 is 29.2 Å². The molecule has 6 rings (SSSR count). The molecular formula is C26H12N4O10. The van der Waals surface area contributed by atoms with Gasteiger partial charge in [0.1, 0.15) is 0 Å². The monoisotopic (exact) mass is 540 g/mol. The molecule has 2 heterocycles. The van der Waals surface area contributed by atoms with E-state index in [9.17, 15) is 40.5 Å². The summed E-state index contributed by atoms with van der Waals surface area (Å²) in [7, 11) is 0. The Morgan fingerprint density at radius 2 is 0.625 bits per heavy atom. The molecular weight excluding hydrogens is 528 g/mol. The van der Waals surface area contributed by atoms with Gasteiger partial charge in [-0.2, -0.15) is 0 Å². The lowest BCUT2D eigenvalue weighted by Crippen LogP contribution is -2.12. The van der Waals surface area contributed by atoms with E-state index in [2.05, 4.69) is 0 Å². The molecule has 0 atom stereocenters. The van der Waals surface area contributed by atoms with E-state index >= 15 is 0 Å². The summed E-state index contributed by atoms with van der Waals surface area (Å²) in [5.74, 6) is -1.16. The number of ether oxygens (including phenoxy) is 2. The van der Waals surface area contributed by atoms with Crippen molar-refractivity contribution in [2.24, 2.45) is 0 Å². The SMILES string of the molecule is O=[N+]([O-])c1cccc2c1Oc1c(cccc1[N+](=O)[O-])C2=C1c2cccc([N+](=O)[O-])c2Oc2c1cccc2[N+](=O)[O-]. The minimum atomic E-state index is -0.706. The fraction of sp³-hybridized carbons (Fsp3) is 0. The van der Waals surface area contributed by atoms with E-state index in [-0.39, 0.29) is 56.4 Å². The molecule has 0 unspecified atom stereocenters. The third kappa shape index (κ3) is 3.43. The maximum absolute atomic E-state index is 11.9. The fourth-order valence-corrected chi connectivity index (χ4v) is 4.92. The highest BCUT2D eigenvalue weighted by Gasteiger charge is 2.40. The lowest BCUT2D eigenvalue weighted by atomic mass is 9.81.